The van der Waals surface area contributed by atoms with Crippen LogP contribution in [-0.2, 0) is 14.1 Å². The molecule has 2 aromatic heterocycles. The number of aryl methyl sites for hydroxylation is 4. The van der Waals surface area contributed by atoms with Crippen molar-refractivity contribution in [2.45, 2.75) is 13.8 Å². The molecular weight excluding hydrogens is 204 g/mol. The van der Waals surface area contributed by atoms with Crippen molar-refractivity contribution in [2.75, 3.05) is 0 Å². The van der Waals surface area contributed by atoms with E-state index in [1.54, 1.807) is 35.6 Å². The van der Waals surface area contributed by atoms with Crippen LogP contribution >= 0.6 is 0 Å². The van der Waals surface area contributed by atoms with Crippen LogP contribution in [0, 0.1) is 13.8 Å². The van der Waals surface area contributed by atoms with Gasteiger partial charge in [-0.1, -0.05) is 0 Å². The fourth-order valence-corrected chi connectivity index (χ4v) is 1.78. The molecule has 84 valence electrons. The summed E-state index contributed by atoms with van der Waals surface area (Å²) in [5.41, 5.74) is 2.84. The van der Waals surface area contributed by atoms with Gasteiger partial charge in [-0.2, -0.15) is 10.2 Å². The number of nitrogens with zero attached hydrogens (tertiary/aromatic N) is 4. The number of carbonyl (C=O) groups is 1. The van der Waals surface area contributed by atoms with Gasteiger partial charge in [0.2, 0.25) is 5.78 Å². The second-order valence-corrected chi connectivity index (χ2v) is 3.92. The molecule has 2 rings (SSSR count). The first-order valence-electron chi connectivity index (χ1n) is 5.05. The molecular formula is C11H14N4O. The van der Waals surface area contributed by atoms with Crippen LogP contribution in [-0.4, -0.2) is 25.3 Å². The molecule has 0 atom stereocenters. The Hall–Kier alpha value is -1.91. The molecule has 2 heterocycles. The van der Waals surface area contributed by atoms with Crippen LogP contribution in [0.25, 0.3) is 0 Å². The molecule has 0 amide bonds. The largest absolute Gasteiger partial charge is 0.285 e. The van der Waals surface area contributed by atoms with E-state index in [2.05, 4.69) is 10.2 Å². The first-order chi connectivity index (χ1) is 7.49. The van der Waals surface area contributed by atoms with Gasteiger partial charge >= 0.3 is 0 Å². The molecule has 0 aliphatic carbocycles. The van der Waals surface area contributed by atoms with Crippen LogP contribution in [0.4, 0.5) is 0 Å². The summed E-state index contributed by atoms with van der Waals surface area (Å²) >= 11 is 0. The van der Waals surface area contributed by atoms with Crippen molar-refractivity contribution in [3.8, 4) is 0 Å². The average molecular weight is 218 g/mol. The van der Waals surface area contributed by atoms with E-state index < -0.39 is 0 Å². The molecule has 16 heavy (non-hydrogen) atoms. The maximum atomic E-state index is 12.2. The lowest BCUT2D eigenvalue weighted by molar-refractivity contribution is 0.102. The summed E-state index contributed by atoms with van der Waals surface area (Å²) in [6.07, 6.45) is 0. The molecule has 0 fully saturated rings. The van der Waals surface area contributed by atoms with E-state index in [0.29, 0.717) is 11.4 Å². The van der Waals surface area contributed by atoms with Crippen LogP contribution in [0.1, 0.15) is 27.6 Å². The number of carbonyl (C=O) groups excluding carboxylic acids is 1. The van der Waals surface area contributed by atoms with Gasteiger partial charge in [-0.05, 0) is 26.0 Å². The zero-order chi connectivity index (χ0) is 11.9. The Bertz CT molecular complexity index is 502. The van der Waals surface area contributed by atoms with Crippen LogP contribution in [0.2, 0.25) is 0 Å². The van der Waals surface area contributed by atoms with Crippen molar-refractivity contribution in [3.05, 3.63) is 34.9 Å². The summed E-state index contributed by atoms with van der Waals surface area (Å²) in [7, 11) is 3.53. The quantitative estimate of drug-likeness (QED) is 0.707. The third-order valence-corrected chi connectivity index (χ3v) is 2.47. The minimum Gasteiger partial charge on any atom is -0.285 e. The highest BCUT2D eigenvalue weighted by Gasteiger charge is 2.17. The van der Waals surface area contributed by atoms with Crippen molar-refractivity contribution in [3.63, 3.8) is 0 Å². The summed E-state index contributed by atoms with van der Waals surface area (Å²) in [5.74, 6) is -0.0498. The summed E-state index contributed by atoms with van der Waals surface area (Å²) < 4.78 is 3.19. The molecule has 0 bridgehead atoms. The molecule has 5 nitrogen and oxygen atoms in total. The number of ketones is 1. The van der Waals surface area contributed by atoms with Crippen molar-refractivity contribution < 1.29 is 4.79 Å². The normalized spacial score (nSPS) is 10.8. The number of aromatic nitrogens is 4. The van der Waals surface area contributed by atoms with E-state index in [9.17, 15) is 4.79 Å². The van der Waals surface area contributed by atoms with Gasteiger partial charge in [-0.3, -0.25) is 14.2 Å². The van der Waals surface area contributed by atoms with Gasteiger partial charge in [-0.15, -0.1) is 0 Å². The highest BCUT2D eigenvalue weighted by molar-refractivity contribution is 6.06. The first kappa shape index (κ1) is 10.6. The van der Waals surface area contributed by atoms with Crippen molar-refractivity contribution >= 4 is 5.78 Å². The molecule has 0 saturated heterocycles. The maximum Gasteiger partial charge on any atom is 0.228 e. The lowest BCUT2D eigenvalue weighted by Crippen LogP contribution is -2.12. The number of hydrogen-bond donors (Lipinski definition) is 0. The van der Waals surface area contributed by atoms with Gasteiger partial charge < -0.3 is 0 Å². The fourth-order valence-electron chi connectivity index (χ4n) is 1.78. The van der Waals surface area contributed by atoms with Gasteiger partial charge in [0, 0.05) is 14.1 Å². The highest BCUT2D eigenvalue weighted by Crippen LogP contribution is 2.11. The van der Waals surface area contributed by atoms with Crippen LogP contribution < -0.4 is 0 Å². The summed E-state index contributed by atoms with van der Waals surface area (Å²) in [6.45, 7) is 3.73. The van der Waals surface area contributed by atoms with E-state index >= 15 is 0 Å². The van der Waals surface area contributed by atoms with Crippen molar-refractivity contribution in [1.82, 2.24) is 19.6 Å². The van der Waals surface area contributed by atoms with Gasteiger partial charge in [0.15, 0.2) is 0 Å². The molecule has 0 radical (unpaired) electrons. The molecule has 5 heteroatoms. The summed E-state index contributed by atoms with van der Waals surface area (Å²) in [6, 6.07) is 3.56. The molecule has 2 aromatic rings. The van der Waals surface area contributed by atoms with E-state index in [-0.39, 0.29) is 5.78 Å². The zero-order valence-electron chi connectivity index (χ0n) is 9.85. The Morgan fingerprint density at radius 3 is 1.62 bits per heavy atom. The van der Waals surface area contributed by atoms with E-state index in [4.69, 9.17) is 0 Å². The minimum absolute atomic E-state index is 0.0498. The SMILES string of the molecule is Cc1cc(C(=O)c2cc(C)nn2C)n(C)n1. The molecule has 0 spiro atoms. The van der Waals surface area contributed by atoms with Gasteiger partial charge in [0.1, 0.15) is 11.4 Å². The predicted molar refractivity (Wildman–Crippen MR) is 59.3 cm³/mol. The minimum atomic E-state index is -0.0498. The van der Waals surface area contributed by atoms with Crippen molar-refractivity contribution in [1.29, 1.82) is 0 Å². The average Bonchev–Trinajstić information content (AvgIpc) is 2.68. The predicted octanol–water partition coefficient (Wildman–Crippen LogP) is 1.00. The third-order valence-electron chi connectivity index (χ3n) is 2.47. The Labute approximate surface area is 93.7 Å². The van der Waals surface area contributed by atoms with Gasteiger partial charge in [0.25, 0.3) is 0 Å². The maximum absolute atomic E-state index is 12.2. The smallest absolute Gasteiger partial charge is 0.228 e. The third kappa shape index (κ3) is 1.64. The Morgan fingerprint density at radius 1 is 1.00 bits per heavy atom. The molecule has 0 saturated carbocycles. The van der Waals surface area contributed by atoms with Gasteiger partial charge in [0.05, 0.1) is 11.4 Å². The molecule has 0 aliphatic rings. The number of rotatable bonds is 2. The molecule has 0 aliphatic heterocycles. The second-order valence-electron chi connectivity index (χ2n) is 3.92. The monoisotopic (exact) mass is 218 g/mol. The summed E-state index contributed by atoms with van der Waals surface area (Å²) in [4.78, 5) is 12.2. The first-order valence-corrected chi connectivity index (χ1v) is 5.05. The van der Waals surface area contributed by atoms with E-state index in [1.165, 1.54) is 0 Å². The summed E-state index contributed by atoms with van der Waals surface area (Å²) in [5, 5.41) is 8.32. The number of hydrogen-bond acceptors (Lipinski definition) is 3. The topological polar surface area (TPSA) is 52.7 Å². The van der Waals surface area contributed by atoms with Crippen molar-refractivity contribution in [2.24, 2.45) is 14.1 Å². The van der Waals surface area contributed by atoms with E-state index in [1.807, 2.05) is 13.8 Å². The van der Waals surface area contributed by atoms with Gasteiger partial charge in [-0.25, -0.2) is 0 Å². The highest BCUT2D eigenvalue weighted by atomic mass is 16.1. The molecule has 0 aromatic carbocycles. The van der Waals surface area contributed by atoms with Crippen LogP contribution in [0.5, 0.6) is 0 Å². The Kier molecular flexibility index (Phi) is 2.38. The fraction of sp³-hybridized carbons (Fsp3) is 0.364. The standard InChI is InChI=1S/C11H14N4O/c1-7-5-9(14(3)12-7)11(16)10-6-8(2)13-15(10)4/h5-6H,1-4H3. The van der Waals surface area contributed by atoms with Crippen LogP contribution in [0.3, 0.4) is 0 Å². The van der Waals surface area contributed by atoms with E-state index in [0.717, 1.165) is 11.4 Å². The molecule has 0 N–H and O–H groups in total. The lowest BCUT2D eigenvalue weighted by Gasteiger charge is -2.00. The second kappa shape index (κ2) is 3.59. The van der Waals surface area contributed by atoms with Crippen LogP contribution in [0.15, 0.2) is 12.1 Å². The Balaban J connectivity index is 2.46. The zero-order valence-corrected chi connectivity index (χ0v) is 9.85. The molecule has 0 unspecified atom stereocenters. The Morgan fingerprint density at radius 2 is 1.38 bits per heavy atom. The lowest BCUT2D eigenvalue weighted by atomic mass is 10.2.